The Morgan fingerprint density at radius 2 is 1.77 bits per heavy atom. The number of rotatable bonds is 2. The largest absolute Gasteiger partial charge is 0.507 e. The zero-order chi connectivity index (χ0) is 15.5. The van der Waals surface area contributed by atoms with Crippen LogP contribution < -0.4 is 5.63 Å². The highest BCUT2D eigenvalue weighted by molar-refractivity contribution is 5.91. The monoisotopic (exact) mass is 289 g/mol. The molecular weight excluding hydrogens is 278 g/mol. The van der Waals surface area contributed by atoms with E-state index in [1.807, 2.05) is 6.07 Å². The second-order valence-corrected chi connectivity index (χ2v) is 4.68. The van der Waals surface area contributed by atoms with Crippen molar-refractivity contribution in [1.29, 1.82) is 5.26 Å². The fourth-order valence-corrected chi connectivity index (χ4v) is 2.25. The molecule has 1 heterocycles. The van der Waals surface area contributed by atoms with Crippen LogP contribution in [0.4, 0.5) is 0 Å². The Balaban J connectivity index is 2.24. The molecule has 0 atom stereocenters. The molecule has 0 aliphatic heterocycles. The number of hydrogen-bond donors (Lipinski definition) is 1. The third-order valence-corrected chi connectivity index (χ3v) is 3.33. The van der Waals surface area contributed by atoms with Crippen LogP contribution >= 0.6 is 0 Å². The third kappa shape index (κ3) is 2.36. The number of phenols is 1. The molecule has 2 aromatic carbocycles. The lowest BCUT2D eigenvalue weighted by molar-refractivity contribution is 0.474. The molecule has 3 rings (SSSR count). The van der Waals surface area contributed by atoms with Crippen molar-refractivity contribution < 1.29 is 9.52 Å². The van der Waals surface area contributed by atoms with Gasteiger partial charge in [0.15, 0.2) is 0 Å². The number of para-hydroxylation sites is 2. The zero-order valence-electron chi connectivity index (χ0n) is 11.5. The highest BCUT2D eigenvalue weighted by atomic mass is 16.4. The summed E-state index contributed by atoms with van der Waals surface area (Å²) in [4.78, 5) is 11.9. The van der Waals surface area contributed by atoms with Crippen molar-refractivity contribution in [2.24, 2.45) is 0 Å². The van der Waals surface area contributed by atoms with Crippen molar-refractivity contribution in [2.45, 2.75) is 0 Å². The van der Waals surface area contributed by atoms with Gasteiger partial charge in [0.1, 0.15) is 23.0 Å². The summed E-state index contributed by atoms with van der Waals surface area (Å²) in [5.74, 6) is 0.129. The average Bonchev–Trinajstić information content (AvgIpc) is 2.53. The summed E-state index contributed by atoms with van der Waals surface area (Å²) in [6.07, 6.45) is 3.31. The van der Waals surface area contributed by atoms with Gasteiger partial charge in [0.2, 0.25) is 0 Å². The lowest BCUT2D eigenvalue weighted by Crippen LogP contribution is -2.06. The smallest absolute Gasteiger partial charge is 0.354 e. The van der Waals surface area contributed by atoms with Crippen LogP contribution in [0.15, 0.2) is 57.7 Å². The number of phenolic OH excluding ortho intramolecular Hbond substituents is 1. The van der Waals surface area contributed by atoms with Gasteiger partial charge in [0.25, 0.3) is 0 Å². The third-order valence-electron chi connectivity index (χ3n) is 3.33. The highest BCUT2D eigenvalue weighted by Crippen LogP contribution is 2.24. The Labute approximate surface area is 126 Å². The van der Waals surface area contributed by atoms with Crippen LogP contribution in [0.3, 0.4) is 0 Å². The van der Waals surface area contributed by atoms with Crippen molar-refractivity contribution in [3.8, 4) is 11.8 Å². The Morgan fingerprint density at radius 1 is 1.05 bits per heavy atom. The molecule has 0 unspecified atom stereocenters. The van der Waals surface area contributed by atoms with E-state index in [0.717, 1.165) is 0 Å². The standard InChI is InChI=1S/C18H11NO3/c19-11-15-13(10-9-12-5-1-3-7-16(12)20)14-6-2-4-8-17(14)22-18(15)21/h1-10,20H/b10-9+. The molecule has 22 heavy (non-hydrogen) atoms. The molecule has 1 aromatic heterocycles. The summed E-state index contributed by atoms with van der Waals surface area (Å²) in [5.41, 5.74) is 0.785. The number of benzene rings is 2. The molecule has 0 fully saturated rings. The molecule has 1 N–H and O–H groups in total. The van der Waals surface area contributed by atoms with Crippen LogP contribution in [-0.2, 0) is 0 Å². The summed E-state index contributed by atoms with van der Waals surface area (Å²) >= 11 is 0. The topological polar surface area (TPSA) is 74.2 Å². The minimum Gasteiger partial charge on any atom is -0.507 e. The van der Waals surface area contributed by atoms with Crippen LogP contribution in [0.25, 0.3) is 23.1 Å². The lowest BCUT2D eigenvalue weighted by Gasteiger charge is -2.03. The van der Waals surface area contributed by atoms with E-state index in [0.29, 0.717) is 22.1 Å². The normalized spacial score (nSPS) is 10.9. The molecule has 0 aliphatic carbocycles. The van der Waals surface area contributed by atoms with Gasteiger partial charge in [-0.3, -0.25) is 0 Å². The van der Waals surface area contributed by atoms with Gasteiger partial charge in [-0.25, -0.2) is 4.79 Å². The van der Waals surface area contributed by atoms with Gasteiger partial charge in [0, 0.05) is 16.5 Å². The number of nitrogens with zero attached hydrogens (tertiary/aromatic N) is 1. The maximum Gasteiger partial charge on any atom is 0.354 e. The van der Waals surface area contributed by atoms with Gasteiger partial charge >= 0.3 is 5.63 Å². The molecule has 3 aromatic rings. The fraction of sp³-hybridized carbons (Fsp3) is 0. The molecule has 4 nitrogen and oxygen atoms in total. The highest BCUT2D eigenvalue weighted by Gasteiger charge is 2.11. The molecule has 0 radical (unpaired) electrons. The number of fused-ring (bicyclic) bond motifs is 1. The first-order chi connectivity index (χ1) is 10.7. The first-order valence-electron chi connectivity index (χ1n) is 6.62. The van der Waals surface area contributed by atoms with Crippen LogP contribution in [0.5, 0.6) is 5.75 Å². The van der Waals surface area contributed by atoms with Gasteiger partial charge in [0.05, 0.1) is 0 Å². The fourth-order valence-electron chi connectivity index (χ4n) is 2.25. The molecule has 0 bridgehead atoms. The maximum atomic E-state index is 11.9. The molecule has 0 spiro atoms. The van der Waals surface area contributed by atoms with E-state index in [1.54, 1.807) is 60.7 Å². The average molecular weight is 289 g/mol. The SMILES string of the molecule is N#Cc1c(/C=C/c2ccccc2O)c2ccccc2oc1=O. The molecule has 0 aliphatic rings. The summed E-state index contributed by atoms with van der Waals surface area (Å²) in [5, 5.41) is 19.7. The van der Waals surface area contributed by atoms with Crippen molar-refractivity contribution in [1.82, 2.24) is 0 Å². The summed E-state index contributed by atoms with van der Waals surface area (Å²) in [6, 6.07) is 15.7. The van der Waals surface area contributed by atoms with E-state index in [2.05, 4.69) is 0 Å². The number of aromatic hydroxyl groups is 1. The van der Waals surface area contributed by atoms with E-state index in [9.17, 15) is 15.2 Å². The minimum atomic E-state index is -0.668. The molecule has 0 saturated carbocycles. The quantitative estimate of drug-likeness (QED) is 0.732. The van der Waals surface area contributed by atoms with E-state index in [4.69, 9.17) is 4.42 Å². The van der Waals surface area contributed by atoms with Crippen LogP contribution in [0.1, 0.15) is 16.7 Å². The zero-order valence-corrected chi connectivity index (χ0v) is 11.5. The van der Waals surface area contributed by atoms with E-state index in [-0.39, 0.29) is 11.3 Å². The van der Waals surface area contributed by atoms with Crippen molar-refractivity contribution in [2.75, 3.05) is 0 Å². The van der Waals surface area contributed by atoms with Crippen molar-refractivity contribution >= 4 is 23.1 Å². The van der Waals surface area contributed by atoms with E-state index >= 15 is 0 Å². The summed E-state index contributed by atoms with van der Waals surface area (Å²) < 4.78 is 5.14. The Morgan fingerprint density at radius 3 is 2.55 bits per heavy atom. The Bertz CT molecular complexity index is 978. The summed E-state index contributed by atoms with van der Waals surface area (Å²) in [6.45, 7) is 0. The van der Waals surface area contributed by atoms with Gasteiger partial charge < -0.3 is 9.52 Å². The summed E-state index contributed by atoms with van der Waals surface area (Å²) in [7, 11) is 0. The molecule has 0 amide bonds. The molecule has 106 valence electrons. The molecule has 0 saturated heterocycles. The van der Waals surface area contributed by atoms with Crippen LogP contribution in [-0.4, -0.2) is 5.11 Å². The maximum absolute atomic E-state index is 11.9. The van der Waals surface area contributed by atoms with Crippen molar-refractivity contribution in [3.05, 3.63) is 75.6 Å². The number of hydrogen-bond acceptors (Lipinski definition) is 4. The van der Waals surface area contributed by atoms with Gasteiger partial charge in [-0.15, -0.1) is 0 Å². The van der Waals surface area contributed by atoms with Gasteiger partial charge in [-0.05, 0) is 12.1 Å². The second-order valence-electron chi connectivity index (χ2n) is 4.68. The van der Waals surface area contributed by atoms with Gasteiger partial charge in [-0.2, -0.15) is 5.26 Å². The molecular formula is C18H11NO3. The predicted octanol–water partition coefficient (Wildman–Crippen LogP) is 3.54. The minimum absolute atomic E-state index is 0.0506. The Hall–Kier alpha value is -3.32. The lowest BCUT2D eigenvalue weighted by atomic mass is 10.0. The first-order valence-corrected chi connectivity index (χ1v) is 6.62. The van der Waals surface area contributed by atoms with E-state index < -0.39 is 5.63 Å². The molecule has 4 heteroatoms. The predicted molar refractivity (Wildman–Crippen MR) is 84.2 cm³/mol. The van der Waals surface area contributed by atoms with Crippen LogP contribution in [0, 0.1) is 11.3 Å². The van der Waals surface area contributed by atoms with E-state index in [1.165, 1.54) is 0 Å². The number of nitriles is 1. The van der Waals surface area contributed by atoms with Crippen molar-refractivity contribution in [3.63, 3.8) is 0 Å². The van der Waals surface area contributed by atoms with Gasteiger partial charge in [-0.1, -0.05) is 48.6 Å². The second kappa shape index (κ2) is 5.58. The first kappa shape index (κ1) is 13.7. The van der Waals surface area contributed by atoms with Crippen LogP contribution in [0.2, 0.25) is 0 Å². The Kier molecular flexibility index (Phi) is 3.47.